The van der Waals surface area contributed by atoms with E-state index in [2.05, 4.69) is 62.4 Å². The van der Waals surface area contributed by atoms with Gasteiger partial charge in [-0.3, -0.25) is 0 Å². The van der Waals surface area contributed by atoms with Crippen LogP contribution in [0.5, 0.6) is 0 Å². The van der Waals surface area contributed by atoms with Crippen LogP contribution in [0.15, 0.2) is 48.5 Å². The van der Waals surface area contributed by atoms with Crippen LogP contribution in [0, 0.1) is 13.8 Å². The molecule has 0 fully saturated rings. The largest absolute Gasteiger partial charge is 0.323 e. The Kier molecular flexibility index (Phi) is 5.06. The molecular formula is C17H21NS. The van der Waals surface area contributed by atoms with E-state index in [4.69, 9.17) is 5.73 Å². The molecule has 1 nitrogen and oxygen atoms in total. The van der Waals surface area contributed by atoms with Crippen molar-refractivity contribution in [1.82, 2.24) is 0 Å². The van der Waals surface area contributed by atoms with Gasteiger partial charge in [0.2, 0.25) is 0 Å². The molecule has 2 heteroatoms. The van der Waals surface area contributed by atoms with E-state index in [0.717, 1.165) is 11.5 Å². The van der Waals surface area contributed by atoms with Gasteiger partial charge in [-0.05, 0) is 25.0 Å². The number of benzene rings is 2. The van der Waals surface area contributed by atoms with E-state index in [0.29, 0.717) is 0 Å². The van der Waals surface area contributed by atoms with Crippen LogP contribution in [-0.4, -0.2) is 5.75 Å². The molecule has 1 unspecified atom stereocenters. The Balaban J connectivity index is 1.89. The van der Waals surface area contributed by atoms with Gasteiger partial charge in [0.1, 0.15) is 0 Å². The van der Waals surface area contributed by atoms with Crippen molar-refractivity contribution >= 4 is 11.8 Å². The molecule has 0 aliphatic rings. The van der Waals surface area contributed by atoms with Crippen LogP contribution in [0.2, 0.25) is 0 Å². The van der Waals surface area contributed by atoms with Gasteiger partial charge in [0.25, 0.3) is 0 Å². The van der Waals surface area contributed by atoms with E-state index in [1.165, 1.54) is 22.3 Å². The van der Waals surface area contributed by atoms with E-state index < -0.39 is 0 Å². The van der Waals surface area contributed by atoms with Crippen molar-refractivity contribution in [2.24, 2.45) is 5.73 Å². The van der Waals surface area contributed by atoms with E-state index >= 15 is 0 Å². The van der Waals surface area contributed by atoms with E-state index in [1.54, 1.807) is 0 Å². The van der Waals surface area contributed by atoms with Gasteiger partial charge < -0.3 is 5.73 Å². The Morgan fingerprint density at radius 3 is 2.26 bits per heavy atom. The third kappa shape index (κ3) is 4.41. The number of aryl methyl sites for hydroxylation is 2. The van der Waals surface area contributed by atoms with Crippen LogP contribution >= 0.6 is 11.8 Å². The van der Waals surface area contributed by atoms with Crippen molar-refractivity contribution < 1.29 is 0 Å². The van der Waals surface area contributed by atoms with Gasteiger partial charge in [-0.2, -0.15) is 11.8 Å². The van der Waals surface area contributed by atoms with Gasteiger partial charge in [-0.15, -0.1) is 0 Å². The Morgan fingerprint density at radius 1 is 1.00 bits per heavy atom. The minimum absolute atomic E-state index is 0.118. The van der Waals surface area contributed by atoms with Crippen LogP contribution < -0.4 is 5.73 Å². The summed E-state index contributed by atoms with van der Waals surface area (Å²) in [4.78, 5) is 0. The maximum absolute atomic E-state index is 6.28. The summed E-state index contributed by atoms with van der Waals surface area (Å²) in [5.41, 5.74) is 11.5. The monoisotopic (exact) mass is 271 g/mol. The van der Waals surface area contributed by atoms with E-state index in [1.807, 2.05) is 11.8 Å². The highest BCUT2D eigenvalue weighted by Crippen LogP contribution is 2.21. The summed E-state index contributed by atoms with van der Waals surface area (Å²) >= 11 is 1.90. The summed E-state index contributed by atoms with van der Waals surface area (Å²) in [6, 6.07) is 17.2. The lowest BCUT2D eigenvalue weighted by Crippen LogP contribution is -2.13. The molecule has 0 aliphatic carbocycles. The number of hydrogen-bond donors (Lipinski definition) is 1. The second-order valence-electron chi connectivity index (χ2n) is 5.03. The summed E-state index contributed by atoms with van der Waals surface area (Å²) in [5.74, 6) is 1.98. The first-order valence-electron chi connectivity index (χ1n) is 6.60. The van der Waals surface area contributed by atoms with Gasteiger partial charge >= 0.3 is 0 Å². The fourth-order valence-corrected chi connectivity index (χ4v) is 3.19. The van der Waals surface area contributed by atoms with Crippen molar-refractivity contribution in [3.63, 3.8) is 0 Å². The normalized spacial score (nSPS) is 12.4. The van der Waals surface area contributed by atoms with Crippen molar-refractivity contribution in [2.45, 2.75) is 25.6 Å². The Morgan fingerprint density at radius 2 is 1.63 bits per heavy atom. The van der Waals surface area contributed by atoms with Crippen molar-refractivity contribution in [2.75, 3.05) is 5.75 Å². The molecule has 2 N–H and O–H groups in total. The quantitative estimate of drug-likeness (QED) is 0.880. The van der Waals surface area contributed by atoms with Crippen molar-refractivity contribution in [1.29, 1.82) is 0 Å². The first-order valence-corrected chi connectivity index (χ1v) is 7.76. The zero-order valence-electron chi connectivity index (χ0n) is 11.6. The predicted molar refractivity (Wildman–Crippen MR) is 85.4 cm³/mol. The summed E-state index contributed by atoms with van der Waals surface area (Å²) in [6.07, 6.45) is 0. The minimum atomic E-state index is 0.118. The Bertz CT molecular complexity index is 502. The highest BCUT2D eigenvalue weighted by atomic mass is 32.2. The topological polar surface area (TPSA) is 26.0 Å². The lowest BCUT2D eigenvalue weighted by Gasteiger charge is -2.13. The smallest absolute Gasteiger partial charge is 0.0387 e. The molecule has 2 aromatic carbocycles. The first-order chi connectivity index (χ1) is 9.15. The van der Waals surface area contributed by atoms with Crippen LogP contribution in [0.4, 0.5) is 0 Å². The molecule has 0 radical (unpaired) electrons. The van der Waals surface area contributed by atoms with Gasteiger partial charge in [-0.25, -0.2) is 0 Å². The van der Waals surface area contributed by atoms with E-state index in [9.17, 15) is 0 Å². The highest BCUT2D eigenvalue weighted by Gasteiger charge is 2.07. The summed E-state index contributed by atoms with van der Waals surface area (Å²) < 4.78 is 0. The average molecular weight is 271 g/mol. The minimum Gasteiger partial charge on any atom is -0.323 e. The molecule has 2 rings (SSSR count). The molecule has 1 atom stereocenters. The second kappa shape index (κ2) is 6.78. The molecule has 19 heavy (non-hydrogen) atoms. The predicted octanol–water partition coefficient (Wildman–Crippen LogP) is 4.24. The number of thioether (sulfide) groups is 1. The average Bonchev–Trinajstić information content (AvgIpc) is 2.38. The molecule has 0 bridgehead atoms. The molecule has 0 spiro atoms. The van der Waals surface area contributed by atoms with Crippen LogP contribution in [0.3, 0.4) is 0 Å². The third-order valence-electron chi connectivity index (χ3n) is 3.08. The number of nitrogens with two attached hydrogens (primary N) is 1. The van der Waals surface area contributed by atoms with Gasteiger partial charge in [0, 0.05) is 17.5 Å². The third-order valence-corrected chi connectivity index (χ3v) is 4.21. The summed E-state index contributed by atoms with van der Waals surface area (Å²) in [6.45, 7) is 4.25. The fraction of sp³-hybridized carbons (Fsp3) is 0.294. The van der Waals surface area contributed by atoms with Gasteiger partial charge in [-0.1, -0.05) is 59.7 Å². The Hall–Kier alpha value is -1.25. The Labute approximate surface area is 120 Å². The SMILES string of the molecule is Cc1cc(C)cc(C(N)CSCc2ccccc2)c1. The highest BCUT2D eigenvalue weighted by molar-refractivity contribution is 7.98. The number of rotatable bonds is 5. The summed E-state index contributed by atoms with van der Waals surface area (Å²) in [7, 11) is 0. The molecule has 2 aromatic rings. The molecule has 0 aliphatic heterocycles. The molecule has 0 aromatic heterocycles. The van der Waals surface area contributed by atoms with Crippen molar-refractivity contribution in [3.05, 3.63) is 70.8 Å². The zero-order chi connectivity index (χ0) is 13.7. The summed E-state index contributed by atoms with van der Waals surface area (Å²) in [5, 5.41) is 0. The lowest BCUT2D eigenvalue weighted by molar-refractivity contribution is 0.828. The second-order valence-corrected chi connectivity index (χ2v) is 6.06. The molecule has 0 amide bonds. The van der Waals surface area contributed by atoms with Crippen LogP contribution in [-0.2, 0) is 5.75 Å². The van der Waals surface area contributed by atoms with Gasteiger partial charge in [0.15, 0.2) is 0 Å². The van der Waals surface area contributed by atoms with Gasteiger partial charge in [0.05, 0.1) is 0 Å². The standard InChI is InChI=1S/C17H21NS/c1-13-8-14(2)10-16(9-13)17(18)12-19-11-15-6-4-3-5-7-15/h3-10,17H,11-12,18H2,1-2H3. The van der Waals surface area contributed by atoms with Crippen LogP contribution in [0.25, 0.3) is 0 Å². The maximum Gasteiger partial charge on any atom is 0.0387 e. The molecule has 0 saturated heterocycles. The van der Waals surface area contributed by atoms with Crippen LogP contribution in [0.1, 0.15) is 28.3 Å². The lowest BCUT2D eigenvalue weighted by atomic mass is 10.0. The van der Waals surface area contributed by atoms with Crippen molar-refractivity contribution in [3.8, 4) is 0 Å². The zero-order valence-corrected chi connectivity index (χ0v) is 12.4. The van der Waals surface area contributed by atoms with E-state index in [-0.39, 0.29) is 6.04 Å². The molecule has 100 valence electrons. The first kappa shape index (κ1) is 14.2. The fourth-order valence-electron chi connectivity index (χ4n) is 2.20. The number of hydrogen-bond acceptors (Lipinski definition) is 2. The maximum atomic E-state index is 6.28. The molecule has 0 heterocycles. The molecule has 0 saturated carbocycles. The molecular weight excluding hydrogens is 250 g/mol.